The van der Waals surface area contributed by atoms with Crippen molar-refractivity contribution in [3.63, 3.8) is 0 Å². The Hall–Kier alpha value is -2.37. The van der Waals surface area contributed by atoms with Crippen LogP contribution in [0.15, 0.2) is 12.5 Å². The maximum Gasteiger partial charge on any atom is 0.150 e. The molecule has 2 N–H and O–H groups in total. The molecule has 0 atom stereocenters. The van der Waals surface area contributed by atoms with Crippen molar-refractivity contribution in [1.29, 1.82) is 0 Å². The predicted octanol–water partition coefficient (Wildman–Crippen LogP) is 1.92. The molecule has 3 heterocycles. The third-order valence-electron chi connectivity index (χ3n) is 3.78. The van der Waals surface area contributed by atoms with Gasteiger partial charge in [0.1, 0.15) is 12.1 Å². The van der Waals surface area contributed by atoms with Crippen LogP contribution in [0.1, 0.15) is 23.9 Å². The first-order valence-electron chi connectivity index (χ1n) is 6.65. The van der Waals surface area contributed by atoms with Crippen LogP contribution in [-0.2, 0) is 13.5 Å². The lowest BCUT2D eigenvalue weighted by molar-refractivity contribution is 0.746. The molecule has 0 aromatic carbocycles. The van der Waals surface area contributed by atoms with Gasteiger partial charge in [-0.2, -0.15) is 5.10 Å². The summed E-state index contributed by atoms with van der Waals surface area (Å²) >= 11 is 0. The number of nitrogen functional groups attached to an aromatic ring is 1. The zero-order valence-electron chi connectivity index (χ0n) is 12.2. The van der Waals surface area contributed by atoms with E-state index in [2.05, 4.69) is 40.4 Å². The number of fused-ring (bicyclic) bond motifs is 1. The Labute approximate surface area is 117 Å². The molecule has 0 unspecified atom stereocenters. The fraction of sp³-hybridized carbons (Fsp3) is 0.357. The lowest BCUT2D eigenvalue weighted by atomic mass is 10.2. The van der Waals surface area contributed by atoms with Crippen LogP contribution in [0.4, 0.5) is 5.82 Å². The fourth-order valence-corrected chi connectivity index (χ4v) is 2.68. The summed E-state index contributed by atoms with van der Waals surface area (Å²) in [6.45, 7) is 6.22. The van der Waals surface area contributed by atoms with Crippen molar-refractivity contribution < 1.29 is 0 Å². The van der Waals surface area contributed by atoms with E-state index in [0.29, 0.717) is 5.82 Å². The van der Waals surface area contributed by atoms with E-state index in [1.54, 1.807) is 0 Å². The average molecular weight is 270 g/mol. The van der Waals surface area contributed by atoms with Crippen LogP contribution in [0.3, 0.4) is 0 Å². The Balaban J connectivity index is 2.42. The van der Waals surface area contributed by atoms with Crippen molar-refractivity contribution in [3.05, 3.63) is 29.5 Å². The molecule has 3 aromatic heterocycles. The molecule has 0 bridgehead atoms. The Morgan fingerprint density at radius 1 is 1.25 bits per heavy atom. The first kappa shape index (κ1) is 12.7. The number of hydrogen-bond donors (Lipinski definition) is 1. The molecule has 0 spiro atoms. The van der Waals surface area contributed by atoms with Crippen LogP contribution in [0.25, 0.3) is 16.7 Å². The Bertz CT molecular complexity index is 796. The van der Waals surface area contributed by atoms with Crippen LogP contribution < -0.4 is 5.73 Å². The molecular weight excluding hydrogens is 252 g/mol. The third kappa shape index (κ3) is 1.61. The Morgan fingerprint density at radius 3 is 2.70 bits per heavy atom. The smallest absolute Gasteiger partial charge is 0.150 e. The lowest BCUT2D eigenvalue weighted by Gasteiger charge is -2.06. The van der Waals surface area contributed by atoms with Gasteiger partial charge in [-0.3, -0.25) is 9.25 Å². The summed E-state index contributed by atoms with van der Waals surface area (Å²) in [7, 11) is 1.93. The Kier molecular flexibility index (Phi) is 2.74. The monoisotopic (exact) mass is 270 g/mol. The van der Waals surface area contributed by atoms with E-state index in [0.717, 1.165) is 40.1 Å². The molecule has 20 heavy (non-hydrogen) atoms. The minimum Gasteiger partial charge on any atom is -0.383 e. The number of aromatic nitrogens is 5. The molecule has 0 aliphatic heterocycles. The summed E-state index contributed by atoms with van der Waals surface area (Å²) in [6.07, 6.45) is 4.40. The van der Waals surface area contributed by atoms with Crippen molar-refractivity contribution in [2.75, 3.05) is 5.73 Å². The highest BCUT2D eigenvalue weighted by Crippen LogP contribution is 2.30. The third-order valence-corrected chi connectivity index (χ3v) is 3.78. The maximum atomic E-state index is 6.01. The number of rotatable bonds is 2. The van der Waals surface area contributed by atoms with Gasteiger partial charge in [-0.1, -0.05) is 6.92 Å². The average Bonchev–Trinajstić information content (AvgIpc) is 2.90. The normalized spacial score (nSPS) is 11.4. The van der Waals surface area contributed by atoms with Gasteiger partial charge in [0.25, 0.3) is 0 Å². The molecule has 3 aromatic rings. The van der Waals surface area contributed by atoms with Crippen LogP contribution in [0.2, 0.25) is 0 Å². The standard InChI is InChI=1S/C14H18N6/c1-5-10-11(6-19(4)18-10)20-9(3)8(2)12-13(15)16-7-17-14(12)20/h6-7H,5H2,1-4H3,(H2,15,16,17). The second-order valence-electron chi connectivity index (χ2n) is 4.99. The van der Waals surface area contributed by atoms with E-state index < -0.39 is 0 Å². The first-order valence-corrected chi connectivity index (χ1v) is 6.65. The molecule has 6 nitrogen and oxygen atoms in total. The predicted molar refractivity (Wildman–Crippen MR) is 78.9 cm³/mol. The second-order valence-corrected chi connectivity index (χ2v) is 4.99. The summed E-state index contributed by atoms with van der Waals surface area (Å²) in [5, 5.41) is 5.43. The number of aryl methyl sites for hydroxylation is 3. The first-order chi connectivity index (χ1) is 9.54. The van der Waals surface area contributed by atoms with E-state index in [9.17, 15) is 0 Å². The second kappa shape index (κ2) is 4.33. The quantitative estimate of drug-likeness (QED) is 0.772. The molecule has 6 heteroatoms. The topological polar surface area (TPSA) is 74.5 Å². The molecule has 0 amide bonds. The molecule has 104 valence electrons. The summed E-state index contributed by atoms with van der Waals surface area (Å²) in [4.78, 5) is 8.52. The molecule has 0 saturated carbocycles. The van der Waals surface area contributed by atoms with Crippen molar-refractivity contribution in [1.82, 2.24) is 24.3 Å². The number of hydrogen-bond acceptors (Lipinski definition) is 4. The van der Waals surface area contributed by atoms with Crippen molar-refractivity contribution in [2.24, 2.45) is 7.05 Å². The van der Waals surface area contributed by atoms with Crippen LogP contribution >= 0.6 is 0 Å². The molecule has 0 saturated heterocycles. The highest BCUT2D eigenvalue weighted by atomic mass is 15.3. The molecule has 0 aliphatic rings. The van der Waals surface area contributed by atoms with Gasteiger partial charge in [0, 0.05) is 18.9 Å². The summed E-state index contributed by atoms with van der Waals surface area (Å²) in [6, 6.07) is 0. The Morgan fingerprint density at radius 2 is 2.00 bits per heavy atom. The molecule has 0 aliphatic carbocycles. The zero-order valence-corrected chi connectivity index (χ0v) is 12.2. The van der Waals surface area contributed by atoms with Crippen molar-refractivity contribution in [3.8, 4) is 5.69 Å². The van der Waals surface area contributed by atoms with Gasteiger partial charge in [0.2, 0.25) is 0 Å². The van der Waals surface area contributed by atoms with Crippen LogP contribution in [0.5, 0.6) is 0 Å². The van der Waals surface area contributed by atoms with Gasteiger partial charge in [0.15, 0.2) is 5.65 Å². The summed E-state index contributed by atoms with van der Waals surface area (Å²) in [5.41, 5.74) is 11.2. The summed E-state index contributed by atoms with van der Waals surface area (Å²) in [5.74, 6) is 0.524. The van der Waals surface area contributed by atoms with E-state index in [-0.39, 0.29) is 0 Å². The van der Waals surface area contributed by atoms with Gasteiger partial charge in [-0.15, -0.1) is 0 Å². The summed E-state index contributed by atoms with van der Waals surface area (Å²) < 4.78 is 3.95. The number of nitrogens with two attached hydrogens (primary N) is 1. The SMILES string of the molecule is CCc1nn(C)cc1-n1c(C)c(C)c2c(N)ncnc21. The zero-order chi connectivity index (χ0) is 14.4. The highest BCUT2D eigenvalue weighted by molar-refractivity contribution is 5.92. The van der Waals surface area contributed by atoms with E-state index >= 15 is 0 Å². The van der Waals surface area contributed by atoms with Crippen molar-refractivity contribution in [2.45, 2.75) is 27.2 Å². The molecule has 3 rings (SSSR count). The number of nitrogens with zero attached hydrogens (tertiary/aromatic N) is 5. The molecule has 0 radical (unpaired) electrons. The van der Waals surface area contributed by atoms with E-state index in [4.69, 9.17) is 5.73 Å². The van der Waals surface area contributed by atoms with E-state index in [1.807, 2.05) is 17.9 Å². The van der Waals surface area contributed by atoms with Crippen LogP contribution in [0, 0.1) is 13.8 Å². The van der Waals surface area contributed by atoms with Crippen molar-refractivity contribution >= 4 is 16.9 Å². The minimum absolute atomic E-state index is 0.524. The van der Waals surface area contributed by atoms with E-state index in [1.165, 1.54) is 6.33 Å². The van der Waals surface area contributed by atoms with Crippen LogP contribution in [-0.4, -0.2) is 24.3 Å². The van der Waals surface area contributed by atoms with Gasteiger partial charge in [0.05, 0.1) is 16.8 Å². The van der Waals surface area contributed by atoms with Gasteiger partial charge in [-0.25, -0.2) is 9.97 Å². The minimum atomic E-state index is 0.524. The lowest BCUT2D eigenvalue weighted by Crippen LogP contribution is -2.01. The number of anilines is 1. The largest absolute Gasteiger partial charge is 0.383 e. The highest BCUT2D eigenvalue weighted by Gasteiger charge is 2.19. The van der Waals surface area contributed by atoms with Gasteiger partial charge in [-0.05, 0) is 25.8 Å². The van der Waals surface area contributed by atoms with Gasteiger partial charge < -0.3 is 5.73 Å². The van der Waals surface area contributed by atoms with Gasteiger partial charge >= 0.3 is 0 Å². The molecule has 0 fully saturated rings. The maximum absolute atomic E-state index is 6.01. The molecular formula is C14H18N6. The fourth-order valence-electron chi connectivity index (χ4n) is 2.68.